The molecule has 0 unspecified atom stereocenters. The molecule has 0 aliphatic heterocycles. The van der Waals surface area contributed by atoms with Crippen molar-refractivity contribution in [2.24, 2.45) is 5.73 Å². The SMILES string of the molecule is NC(=O)c1cc(F)ccc1-c1ccc(Cl)cn1. The van der Waals surface area contributed by atoms with Crippen LogP contribution in [-0.4, -0.2) is 10.9 Å². The predicted molar refractivity (Wildman–Crippen MR) is 63.2 cm³/mol. The Morgan fingerprint density at radius 1 is 1.29 bits per heavy atom. The number of aromatic nitrogens is 1. The first-order valence-corrected chi connectivity index (χ1v) is 5.17. The van der Waals surface area contributed by atoms with Crippen molar-refractivity contribution >= 4 is 17.5 Å². The average Bonchev–Trinajstić information content (AvgIpc) is 2.30. The fourth-order valence-electron chi connectivity index (χ4n) is 1.48. The number of carbonyl (C=O) groups is 1. The summed E-state index contributed by atoms with van der Waals surface area (Å²) in [6.45, 7) is 0. The van der Waals surface area contributed by atoms with Crippen LogP contribution in [-0.2, 0) is 0 Å². The largest absolute Gasteiger partial charge is 0.366 e. The zero-order valence-corrected chi connectivity index (χ0v) is 9.41. The Kier molecular flexibility index (Phi) is 3.06. The molecule has 0 spiro atoms. The number of hydrogen-bond donors (Lipinski definition) is 1. The van der Waals surface area contributed by atoms with Crippen molar-refractivity contribution in [3.8, 4) is 11.3 Å². The fourth-order valence-corrected chi connectivity index (χ4v) is 1.59. The van der Waals surface area contributed by atoms with Gasteiger partial charge in [0.25, 0.3) is 0 Å². The van der Waals surface area contributed by atoms with Gasteiger partial charge in [0.2, 0.25) is 5.91 Å². The summed E-state index contributed by atoms with van der Waals surface area (Å²) < 4.78 is 13.0. The van der Waals surface area contributed by atoms with Crippen LogP contribution < -0.4 is 5.73 Å². The molecule has 0 atom stereocenters. The Bertz CT molecular complexity index is 569. The van der Waals surface area contributed by atoms with Crippen molar-refractivity contribution in [3.05, 3.63) is 52.9 Å². The molecule has 1 aromatic carbocycles. The quantitative estimate of drug-likeness (QED) is 0.891. The van der Waals surface area contributed by atoms with Crippen LogP contribution in [0.1, 0.15) is 10.4 Å². The number of pyridine rings is 1. The lowest BCUT2D eigenvalue weighted by Gasteiger charge is -2.06. The van der Waals surface area contributed by atoms with Crippen molar-refractivity contribution in [1.82, 2.24) is 4.98 Å². The van der Waals surface area contributed by atoms with E-state index >= 15 is 0 Å². The van der Waals surface area contributed by atoms with Gasteiger partial charge in [0.15, 0.2) is 0 Å². The average molecular weight is 251 g/mol. The van der Waals surface area contributed by atoms with E-state index in [2.05, 4.69) is 4.98 Å². The number of nitrogens with two attached hydrogens (primary N) is 1. The minimum atomic E-state index is -0.698. The summed E-state index contributed by atoms with van der Waals surface area (Å²) in [6.07, 6.45) is 1.45. The maximum absolute atomic E-state index is 13.0. The zero-order chi connectivity index (χ0) is 12.4. The summed E-state index contributed by atoms with van der Waals surface area (Å²) >= 11 is 5.71. The second kappa shape index (κ2) is 4.51. The molecule has 2 aromatic rings. The van der Waals surface area contributed by atoms with E-state index in [1.165, 1.54) is 18.3 Å². The van der Waals surface area contributed by atoms with Crippen LogP contribution in [0.4, 0.5) is 4.39 Å². The normalized spacial score (nSPS) is 10.2. The third-order valence-corrected chi connectivity index (χ3v) is 2.47. The number of halogens is 2. The van der Waals surface area contributed by atoms with Crippen LogP contribution in [0.25, 0.3) is 11.3 Å². The molecule has 0 bridgehead atoms. The van der Waals surface area contributed by atoms with Crippen molar-refractivity contribution in [3.63, 3.8) is 0 Å². The molecule has 0 fully saturated rings. The van der Waals surface area contributed by atoms with Crippen molar-refractivity contribution in [2.45, 2.75) is 0 Å². The second-order valence-electron chi connectivity index (χ2n) is 3.42. The first kappa shape index (κ1) is 11.5. The Hall–Kier alpha value is -1.94. The number of benzene rings is 1. The van der Waals surface area contributed by atoms with Crippen molar-refractivity contribution < 1.29 is 9.18 Å². The molecule has 2 rings (SSSR count). The van der Waals surface area contributed by atoms with Gasteiger partial charge in [-0.05, 0) is 30.3 Å². The standard InChI is InChI=1S/C12H8ClFN2O/c13-7-1-4-11(16-6-7)9-3-2-8(14)5-10(9)12(15)17/h1-6H,(H2,15,17). The van der Waals surface area contributed by atoms with Crippen LogP contribution >= 0.6 is 11.6 Å². The van der Waals surface area contributed by atoms with E-state index in [1.54, 1.807) is 12.1 Å². The monoisotopic (exact) mass is 250 g/mol. The minimum Gasteiger partial charge on any atom is -0.366 e. The second-order valence-corrected chi connectivity index (χ2v) is 3.85. The van der Waals surface area contributed by atoms with Gasteiger partial charge in [-0.25, -0.2) is 4.39 Å². The lowest BCUT2D eigenvalue weighted by Crippen LogP contribution is -2.13. The molecule has 17 heavy (non-hydrogen) atoms. The van der Waals surface area contributed by atoms with E-state index in [0.717, 1.165) is 6.07 Å². The summed E-state index contributed by atoms with van der Waals surface area (Å²) in [5.74, 6) is -1.22. The summed E-state index contributed by atoms with van der Waals surface area (Å²) in [4.78, 5) is 15.3. The Labute approximate surface area is 102 Å². The Balaban J connectivity index is 2.58. The summed E-state index contributed by atoms with van der Waals surface area (Å²) in [6, 6.07) is 7.08. The van der Waals surface area contributed by atoms with Crippen LogP contribution in [0.15, 0.2) is 36.5 Å². The molecule has 0 saturated carbocycles. The number of rotatable bonds is 2. The number of carbonyl (C=O) groups excluding carboxylic acids is 1. The number of nitrogens with zero attached hydrogens (tertiary/aromatic N) is 1. The van der Waals surface area contributed by atoms with E-state index in [-0.39, 0.29) is 5.56 Å². The van der Waals surface area contributed by atoms with Gasteiger partial charge in [-0.3, -0.25) is 9.78 Å². The van der Waals surface area contributed by atoms with Gasteiger partial charge in [0.05, 0.1) is 16.3 Å². The first-order valence-electron chi connectivity index (χ1n) is 4.79. The summed E-state index contributed by atoms with van der Waals surface area (Å²) in [5, 5.41) is 0.483. The van der Waals surface area contributed by atoms with Crippen LogP contribution in [0.5, 0.6) is 0 Å². The van der Waals surface area contributed by atoms with E-state index < -0.39 is 11.7 Å². The maximum Gasteiger partial charge on any atom is 0.249 e. The van der Waals surface area contributed by atoms with Gasteiger partial charge in [-0.15, -0.1) is 0 Å². The molecule has 0 aliphatic rings. The Morgan fingerprint density at radius 3 is 2.65 bits per heavy atom. The van der Waals surface area contributed by atoms with Crippen molar-refractivity contribution in [2.75, 3.05) is 0 Å². The highest BCUT2D eigenvalue weighted by atomic mass is 35.5. The maximum atomic E-state index is 13.0. The number of hydrogen-bond acceptors (Lipinski definition) is 2. The van der Waals surface area contributed by atoms with Crippen LogP contribution in [0.3, 0.4) is 0 Å². The molecule has 1 heterocycles. The lowest BCUT2D eigenvalue weighted by atomic mass is 10.0. The van der Waals surface area contributed by atoms with Crippen LogP contribution in [0, 0.1) is 5.82 Å². The lowest BCUT2D eigenvalue weighted by molar-refractivity contribution is 0.100. The van der Waals surface area contributed by atoms with Gasteiger partial charge in [0.1, 0.15) is 5.82 Å². The van der Waals surface area contributed by atoms with Gasteiger partial charge in [-0.2, -0.15) is 0 Å². The third kappa shape index (κ3) is 2.42. The van der Waals surface area contributed by atoms with E-state index in [1.807, 2.05) is 0 Å². The van der Waals surface area contributed by atoms with Gasteiger partial charge >= 0.3 is 0 Å². The fraction of sp³-hybridized carbons (Fsp3) is 0. The smallest absolute Gasteiger partial charge is 0.249 e. The van der Waals surface area contributed by atoms with E-state index in [0.29, 0.717) is 16.3 Å². The van der Waals surface area contributed by atoms with Gasteiger partial charge in [-0.1, -0.05) is 11.6 Å². The number of amides is 1. The summed E-state index contributed by atoms with van der Waals surface area (Å²) in [5.41, 5.74) is 6.29. The molecule has 2 N–H and O–H groups in total. The van der Waals surface area contributed by atoms with Gasteiger partial charge in [0, 0.05) is 11.8 Å². The van der Waals surface area contributed by atoms with E-state index in [4.69, 9.17) is 17.3 Å². The molecule has 86 valence electrons. The third-order valence-electron chi connectivity index (χ3n) is 2.25. The van der Waals surface area contributed by atoms with Gasteiger partial charge < -0.3 is 5.73 Å². The summed E-state index contributed by atoms with van der Waals surface area (Å²) in [7, 11) is 0. The molecular formula is C12H8ClFN2O. The highest BCUT2D eigenvalue weighted by Crippen LogP contribution is 2.23. The molecule has 0 saturated heterocycles. The molecular weight excluding hydrogens is 243 g/mol. The topological polar surface area (TPSA) is 56.0 Å². The molecule has 1 amide bonds. The van der Waals surface area contributed by atoms with E-state index in [9.17, 15) is 9.18 Å². The Morgan fingerprint density at radius 2 is 2.06 bits per heavy atom. The zero-order valence-electron chi connectivity index (χ0n) is 8.65. The molecule has 0 aliphatic carbocycles. The highest BCUT2D eigenvalue weighted by Gasteiger charge is 2.12. The number of primary amides is 1. The minimum absolute atomic E-state index is 0.0971. The molecule has 0 radical (unpaired) electrons. The molecule has 3 nitrogen and oxygen atoms in total. The van der Waals surface area contributed by atoms with Crippen molar-refractivity contribution in [1.29, 1.82) is 0 Å². The highest BCUT2D eigenvalue weighted by molar-refractivity contribution is 6.30. The predicted octanol–water partition coefficient (Wildman–Crippen LogP) is 2.64. The molecule has 5 heteroatoms. The molecule has 1 aromatic heterocycles. The van der Waals surface area contributed by atoms with Crippen LogP contribution in [0.2, 0.25) is 5.02 Å². The first-order chi connectivity index (χ1) is 8.08.